The molecule has 13 heavy (non-hydrogen) atoms. The minimum absolute atomic E-state index is 0.0516. The summed E-state index contributed by atoms with van der Waals surface area (Å²) in [7, 11) is 0. The van der Waals surface area contributed by atoms with Crippen molar-refractivity contribution in [2.24, 2.45) is 5.92 Å². The summed E-state index contributed by atoms with van der Waals surface area (Å²) in [4.78, 5) is 10.0. The fourth-order valence-corrected chi connectivity index (χ4v) is 1.55. The van der Waals surface area contributed by atoms with E-state index in [1.54, 1.807) is 6.92 Å². The average Bonchev–Trinajstić information content (AvgIpc) is 2.00. The lowest BCUT2D eigenvalue weighted by Gasteiger charge is -2.39. The Bertz CT molecular complexity index is 181. The minimum Gasteiger partial charge on any atom is -0.435 e. The van der Waals surface area contributed by atoms with E-state index in [4.69, 9.17) is 0 Å². The number of ether oxygens (including phenoxy) is 1. The third-order valence-corrected chi connectivity index (χ3v) is 2.54. The van der Waals surface area contributed by atoms with E-state index in [1.165, 1.54) is 0 Å². The van der Waals surface area contributed by atoms with Crippen LogP contribution in [-0.2, 0) is 9.53 Å². The van der Waals surface area contributed by atoms with Gasteiger partial charge in [0.05, 0.1) is 12.2 Å². The number of aliphatic hydroxyl groups excluding tert-OH is 2. The van der Waals surface area contributed by atoms with Crippen molar-refractivity contribution >= 4 is 6.47 Å². The Balaban J connectivity index is 2.66. The largest absolute Gasteiger partial charge is 0.435 e. The van der Waals surface area contributed by atoms with E-state index in [9.17, 15) is 20.1 Å². The quantitative estimate of drug-likeness (QED) is 0.384. The zero-order valence-corrected chi connectivity index (χ0v) is 7.38. The van der Waals surface area contributed by atoms with E-state index in [-0.39, 0.29) is 25.2 Å². The van der Waals surface area contributed by atoms with Crippen molar-refractivity contribution in [1.82, 2.24) is 0 Å². The molecule has 3 N–H and O–H groups in total. The van der Waals surface area contributed by atoms with Gasteiger partial charge in [0.2, 0.25) is 5.79 Å². The fourth-order valence-electron chi connectivity index (χ4n) is 1.55. The van der Waals surface area contributed by atoms with E-state index in [1.807, 2.05) is 0 Å². The van der Waals surface area contributed by atoms with Crippen molar-refractivity contribution in [3.05, 3.63) is 0 Å². The van der Waals surface area contributed by atoms with E-state index in [0.717, 1.165) is 0 Å². The van der Waals surface area contributed by atoms with Crippen LogP contribution in [0.5, 0.6) is 0 Å². The first-order valence-electron chi connectivity index (χ1n) is 4.18. The molecular weight excluding hydrogens is 176 g/mol. The van der Waals surface area contributed by atoms with Gasteiger partial charge in [-0.1, -0.05) is 6.92 Å². The second-order valence-electron chi connectivity index (χ2n) is 3.56. The summed E-state index contributed by atoms with van der Waals surface area (Å²) in [6, 6.07) is 0. The molecule has 1 rings (SSSR count). The van der Waals surface area contributed by atoms with E-state index >= 15 is 0 Å². The zero-order valence-electron chi connectivity index (χ0n) is 7.38. The maximum atomic E-state index is 10.0. The van der Waals surface area contributed by atoms with Crippen LogP contribution in [0.1, 0.15) is 19.8 Å². The highest BCUT2D eigenvalue weighted by atomic mass is 16.6. The van der Waals surface area contributed by atoms with Gasteiger partial charge in [0.1, 0.15) is 0 Å². The molecule has 0 spiro atoms. The normalized spacial score (nSPS) is 45.7. The molecule has 0 aliphatic heterocycles. The van der Waals surface area contributed by atoms with Crippen LogP contribution in [0.3, 0.4) is 0 Å². The molecule has 0 amide bonds. The average molecular weight is 190 g/mol. The molecule has 1 aliphatic rings. The Morgan fingerprint density at radius 1 is 1.38 bits per heavy atom. The second-order valence-corrected chi connectivity index (χ2v) is 3.56. The third kappa shape index (κ3) is 2.18. The van der Waals surface area contributed by atoms with E-state index < -0.39 is 18.0 Å². The molecule has 0 bridgehead atoms. The van der Waals surface area contributed by atoms with Gasteiger partial charge >= 0.3 is 0 Å². The van der Waals surface area contributed by atoms with Gasteiger partial charge in [-0.2, -0.15) is 0 Å². The summed E-state index contributed by atoms with van der Waals surface area (Å²) in [5, 5.41) is 28.3. The molecule has 2 unspecified atom stereocenters. The van der Waals surface area contributed by atoms with E-state index in [0.29, 0.717) is 0 Å². The zero-order chi connectivity index (χ0) is 10.1. The minimum atomic E-state index is -1.72. The summed E-state index contributed by atoms with van der Waals surface area (Å²) in [6.45, 7) is 1.80. The second kappa shape index (κ2) is 3.61. The summed E-state index contributed by atoms with van der Waals surface area (Å²) in [5.74, 6) is -2.02. The van der Waals surface area contributed by atoms with Crippen molar-refractivity contribution in [2.45, 2.75) is 37.8 Å². The third-order valence-electron chi connectivity index (χ3n) is 2.54. The van der Waals surface area contributed by atoms with Gasteiger partial charge in [-0.15, -0.1) is 0 Å². The van der Waals surface area contributed by atoms with Gasteiger partial charge in [-0.25, -0.2) is 0 Å². The lowest BCUT2D eigenvalue weighted by Crippen LogP contribution is -2.49. The van der Waals surface area contributed by atoms with Crippen LogP contribution in [0.4, 0.5) is 0 Å². The molecule has 2 atom stereocenters. The molecule has 1 saturated carbocycles. The highest BCUT2D eigenvalue weighted by Gasteiger charge is 2.43. The van der Waals surface area contributed by atoms with Crippen LogP contribution in [0.15, 0.2) is 0 Å². The maximum Gasteiger partial charge on any atom is 0.295 e. The van der Waals surface area contributed by atoms with Gasteiger partial charge in [-0.3, -0.25) is 4.79 Å². The Kier molecular flexibility index (Phi) is 2.90. The number of rotatable bonds is 2. The molecule has 0 radical (unpaired) electrons. The SMILES string of the molecule is CC1C(O)CC(O)(OC=O)CC1O. The highest BCUT2D eigenvalue weighted by Crippen LogP contribution is 2.32. The van der Waals surface area contributed by atoms with E-state index in [2.05, 4.69) is 4.74 Å². The number of carbonyl (C=O) groups is 1. The predicted octanol–water partition coefficient (Wildman–Crippen LogP) is -1.00. The number of hydrogen-bond acceptors (Lipinski definition) is 5. The van der Waals surface area contributed by atoms with Gasteiger partial charge in [0.25, 0.3) is 6.47 Å². The molecule has 0 aromatic heterocycles. The number of hydrogen-bond donors (Lipinski definition) is 3. The van der Waals surface area contributed by atoms with Crippen LogP contribution in [0, 0.1) is 5.92 Å². The van der Waals surface area contributed by atoms with Gasteiger partial charge in [0.15, 0.2) is 0 Å². The van der Waals surface area contributed by atoms with Crippen molar-refractivity contribution < 1.29 is 24.9 Å². The number of aliphatic hydroxyl groups is 3. The first kappa shape index (κ1) is 10.4. The number of carbonyl (C=O) groups excluding carboxylic acids is 1. The summed E-state index contributed by atoms with van der Waals surface area (Å²) in [6.07, 6.45) is -1.81. The van der Waals surface area contributed by atoms with Crippen molar-refractivity contribution in [2.75, 3.05) is 0 Å². The van der Waals surface area contributed by atoms with Crippen LogP contribution in [-0.4, -0.2) is 39.8 Å². The van der Waals surface area contributed by atoms with Crippen LogP contribution in [0.25, 0.3) is 0 Å². The maximum absolute atomic E-state index is 10.0. The Morgan fingerprint density at radius 2 is 1.85 bits per heavy atom. The summed E-state index contributed by atoms with van der Waals surface area (Å²) < 4.78 is 4.41. The van der Waals surface area contributed by atoms with Gasteiger partial charge in [-0.05, 0) is 0 Å². The Morgan fingerprint density at radius 3 is 2.23 bits per heavy atom. The molecule has 0 saturated heterocycles. The molecule has 0 aromatic rings. The first-order valence-corrected chi connectivity index (χ1v) is 4.18. The molecule has 0 heterocycles. The molecule has 76 valence electrons. The monoisotopic (exact) mass is 190 g/mol. The van der Waals surface area contributed by atoms with Crippen molar-refractivity contribution in [3.8, 4) is 0 Å². The van der Waals surface area contributed by atoms with Crippen LogP contribution >= 0.6 is 0 Å². The van der Waals surface area contributed by atoms with Crippen LogP contribution < -0.4 is 0 Å². The van der Waals surface area contributed by atoms with Crippen LogP contribution in [0.2, 0.25) is 0 Å². The molecule has 1 fully saturated rings. The molecule has 5 nitrogen and oxygen atoms in total. The standard InChI is InChI=1S/C8H14O5/c1-5-6(10)2-8(12,13-4-9)3-7(5)11/h4-7,10-12H,2-3H2,1H3. The lowest BCUT2D eigenvalue weighted by molar-refractivity contribution is -0.242. The summed E-state index contributed by atoms with van der Waals surface area (Å²) >= 11 is 0. The van der Waals surface area contributed by atoms with Gasteiger partial charge < -0.3 is 20.1 Å². The molecule has 5 heteroatoms. The highest BCUT2D eigenvalue weighted by molar-refractivity contribution is 5.38. The Labute approximate surface area is 75.9 Å². The molecule has 0 aromatic carbocycles. The first-order chi connectivity index (χ1) is 5.98. The lowest BCUT2D eigenvalue weighted by atomic mass is 9.81. The van der Waals surface area contributed by atoms with Gasteiger partial charge in [0, 0.05) is 18.8 Å². The smallest absolute Gasteiger partial charge is 0.295 e. The topological polar surface area (TPSA) is 87.0 Å². The fraction of sp³-hybridized carbons (Fsp3) is 0.875. The molecule has 1 aliphatic carbocycles. The molecular formula is C8H14O5. The van der Waals surface area contributed by atoms with Crippen molar-refractivity contribution in [1.29, 1.82) is 0 Å². The van der Waals surface area contributed by atoms with Crippen molar-refractivity contribution in [3.63, 3.8) is 0 Å². The predicted molar refractivity (Wildman–Crippen MR) is 42.5 cm³/mol. The summed E-state index contributed by atoms with van der Waals surface area (Å²) in [5.41, 5.74) is 0. The Hall–Kier alpha value is -0.650.